The van der Waals surface area contributed by atoms with Gasteiger partial charge >= 0.3 is 11.4 Å². The van der Waals surface area contributed by atoms with E-state index in [1.807, 2.05) is 0 Å². The van der Waals surface area contributed by atoms with E-state index in [0.29, 0.717) is 11.3 Å². The van der Waals surface area contributed by atoms with Crippen LogP contribution in [0.5, 0.6) is 11.5 Å². The topological polar surface area (TPSA) is 129 Å². The van der Waals surface area contributed by atoms with Crippen LogP contribution in [0, 0.1) is 10.1 Å². The number of para-hydroxylation sites is 1. The van der Waals surface area contributed by atoms with Gasteiger partial charge in [0.25, 0.3) is 0 Å². The van der Waals surface area contributed by atoms with Crippen molar-refractivity contribution < 1.29 is 15.1 Å². The molecule has 0 aliphatic carbocycles. The van der Waals surface area contributed by atoms with Crippen LogP contribution in [0.15, 0.2) is 53.3 Å². The van der Waals surface area contributed by atoms with Crippen molar-refractivity contribution in [1.82, 2.24) is 9.97 Å². The highest BCUT2D eigenvalue weighted by atomic mass is 16.6. The average Bonchev–Trinajstić information content (AvgIpc) is 2.55. The van der Waals surface area contributed by atoms with E-state index in [0.717, 1.165) is 0 Å². The lowest BCUT2D eigenvalue weighted by Gasteiger charge is -2.07. The molecule has 3 N–H and O–H groups in total. The standard InChI is InChI=1S/C16H11N3O5/c20-10-6-4-9(5-7-10)12-8-13(18-16(22)17-12)11-2-1-3-14(15(11)21)19(23)24/h1-8,20-21H,(H,17,18,22). The summed E-state index contributed by atoms with van der Waals surface area (Å²) in [5, 5.41) is 30.3. The van der Waals surface area contributed by atoms with Crippen molar-refractivity contribution in [1.29, 1.82) is 0 Å². The van der Waals surface area contributed by atoms with Crippen LogP contribution < -0.4 is 5.69 Å². The van der Waals surface area contributed by atoms with E-state index in [2.05, 4.69) is 9.97 Å². The third-order valence-corrected chi connectivity index (χ3v) is 3.41. The Bertz CT molecular complexity index is 980. The Morgan fingerprint density at radius 3 is 2.46 bits per heavy atom. The second-order valence-corrected chi connectivity index (χ2v) is 4.96. The first kappa shape index (κ1) is 15.2. The molecule has 0 bridgehead atoms. The summed E-state index contributed by atoms with van der Waals surface area (Å²) in [6.07, 6.45) is 0. The number of nitrogens with zero attached hydrogens (tertiary/aromatic N) is 2. The summed E-state index contributed by atoms with van der Waals surface area (Å²) in [7, 11) is 0. The molecule has 0 spiro atoms. The van der Waals surface area contributed by atoms with Gasteiger partial charge in [-0.2, -0.15) is 4.98 Å². The van der Waals surface area contributed by atoms with Crippen LogP contribution in [0.25, 0.3) is 22.5 Å². The molecular formula is C16H11N3O5. The Morgan fingerprint density at radius 1 is 1.08 bits per heavy atom. The Hall–Kier alpha value is -3.68. The first-order valence-corrected chi connectivity index (χ1v) is 6.83. The van der Waals surface area contributed by atoms with Crippen LogP contribution in [0.4, 0.5) is 5.69 Å². The van der Waals surface area contributed by atoms with Gasteiger partial charge in [0.1, 0.15) is 5.75 Å². The highest BCUT2D eigenvalue weighted by Crippen LogP contribution is 2.36. The van der Waals surface area contributed by atoms with Gasteiger partial charge in [-0.25, -0.2) is 4.79 Å². The van der Waals surface area contributed by atoms with E-state index in [-0.39, 0.29) is 17.0 Å². The molecule has 0 unspecified atom stereocenters. The molecule has 0 saturated heterocycles. The maximum absolute atomic E-state index is 11.8. The van der Waals surface area contributed by atoms with Gasteiger partial charge < -0.3 is 15.2 Å². The molecule has 3 rings (SSSR count). The minimum atomic E-state index is -0.709. The number of nitrogens with one attached hydrogen (secondary N) is 1. The number of aromatic hydroxyl groups is 2. The molecule has 3 aromatic rings. The molecular weight excluding hydrogens is 314 g/mol. The van der Waals surface area contributed by atoms with Gasteiger partial charge in [-0.05, 0) is 36.4 Å². The predicted octanol–water partition coefficient (Wildman–Crippen LogP) is 2.42. The highest BCUT2D eigenvalue weighted by molar-refractivity contribution is 5.75. The summed E-state index contributed by atoms with van der Waals surface area (Å²) in [4.78, 5) is 28.3. The number of phenols is 2. The first-order valence-electron chi connectivity index (χ1n) is 6.83. The zero-order valence-corrected chi connectivity index (χ0v) is 12.1. The number of benzene rings is 2. The summed E-state index contributed by atoms with van der Waals surface area (Å²) in [5.41, 5.74) is 0.0607. The summed E-state index contributed by atoms with van der Waals surface area (Å²) in [5.74, 6) is -0.471. The smallest absolute Gasteiger partial charge is 0.345 e. The number of H-pyrrole nitrogens is 1. The van der Waals surface area contributed by atoms with Crippen molar-refractivity contribution in [3.63, 3.8) is 0 Å². The fraction of sp³-hybridized carbons (Fsp3) is 0. The van der Waals surface area contributed by atoms with Crippen molar-refractivity contribution >= 4 is 5.69 Å². The summed E-state index contributed by atoms with van der Waals surface area (Å²) >= 11 is 0. The molecule has 0 radical (unpaired) electrons. The van der Waals surface area contributed by atoms with Gasteiger partial charge in [0, 0.05) is 17.2 Å². The van der Waals surface area contributed by atoms with E-state index in [1.165, 1.54) is 36.4 Å². The van der Waals surface area contributed by atoms with Crippen LogP contribution in [0.3, 0.4) is 0 Å². The molecule has 0 aliphatic rings. The average molecular weight is 325 g/mol. The van der Waals surface area contributed by atoms with E-state index in [1.54, 1.807) is 12.1 Å². The lowest BCUT2D eigenvalue weighted by Crippen LogP contribution is -2.12. The number of nitro benzene ring substituents is 1. The van der Waals surface area contributed by atoms with E-state index in [9.17, 15) is 25.1 Å². The summed E-state index contributed by atoms with van der Waals surface area (Å²) in [6.45, 7) is 0. The number of aromatic amines is 1. The van der Waals surface area contributed by atoms with Gasteiger partial charge in [-0.15, -0.1) is 0 Å². The minimum Gasteiger partial charge on any atom is -0.508 e. The highest BCUT2D eigenvalue weighted by Gasteiger charge is 2.18. The Morgan fingerprint density at radius 2 is 1.79 bits per heavy atom. The third kappa shape index (κ3) is 2.80. The van der Waals surface area contributed by atoms with Crippen LogP contribution in [-0.4, -0.2) is 25.1 Å². The zero-order valence-electron chi connectivity index (χ0n) is 12.1. The molecule has 24 heavy (non-hydrogen) atoms. The number of hydrogen-bond acceptors (Lipinski definition) is 6. The molecule has 8 nitrogen and oxygen atoms in total. The molecule has 0 fully saturated rings. The molecule has 0 amide bonds. The molecule has 120 valence electrons. The van der Waals surface area contributed by atoms with Crippen molar-refractivity contribution in [2.75, 3.05) is 0 Å². The molecule has 1 aromatic heterocycles. The van der Waals surface area contributed by atoms with Crippen LogP contribution in [-0.2, 0) is 0 Å². The van der Waals surface area contributed by atoms with Crippen LogP contribution in [0.1, 0.15) is 0 Å². The van der Waals surface area contributed by atoms with E-state index < -0.39 is 22.0 Å². The van der Waals surface area contributed by atoms with Crippen molar-refractivity contribution in [2.24, 2.45) is 0 Å². The van der Waals surface area contributed by atoms with Crippen LogP contribution in [0.2, 0.25) is 0 Å². The summed E-state index contributed by atoms with van der Waals surface area (Å²) < 4.78 is 0. The van der Waals surface area contributed by atoms with Crippen molar-refractivity contribution in [2.45, 2.75) is 0 Å². The normalized spacial score (nSPS) is 10.5. The van der Waals surface area contributed by atoms with Crippen molar-refractivity contribution in [3.8, 4) is 34.0 Å². The third-order valence-electron chi connectivity index (χ3n) is 3.41. The second-order valence-electron chi connectivity index (χ2n) is 4.96. The summed E-state index contributed by atoms with van der Waals surface area (Å²) in [6, 6.07) is 11.6. The monoisotopic (exact) mass is 325 g/mol. The number of hydrogen-bond donors (Lipinski definition) is 3. The van der Waals surface area contributed by atoms with E-state index in [4.69, 9.17) is 0 Å². The maximum atomic E-state index is 11.8. The predicted molar refractivity (Wildman–Crippen MR) is 85.7 cm³/mol. The van der Waals surface area contributed by atoms with Gasteiger partial charge in [-0.3, -0.25) is 10.1 Å². The fourth-order valence-electron chi connectivity index (χ4n) is 2.28. The Labute approximate surface area is 134 Å². The van der Waals surface area contributed by atoms with E-state index >= 15 is 0 Å². The maximum Gasteiger partial charge on any atom is 0.345 e. The molecule has 1 heterocycles. The quantitative estimate of drug-likeness (QED) is 0.501. The van der Waals surface area contributed by atoms with Gasteiger partial charge in [0.15, 0.2) is 0 Å². The lowest BCUT2D eigenvalue weighted by atomic mass is 10.1. The molecule has 8 heteroatoms. The second kappa shape index (κ2) is 5.84. The number of nitro groups is 1. The molecule has 2 aromatic carbocycles. The fourth-order valence-corrected chi connectivity index (χ4v) is 2.28. The van der Waals surface area contributed by atoms with Gasteiger partial charge in [0.2, 0.25) is 5.75 Å². The first-order chi connectivity index (χ1) is 11.5. The molecule has 0 aliphatic heterocycles. The SMILES string of the molecule is O=c1nc(-c2ccc(O)cc2)cc(-c2cccc([N+](=O)[O-])c2O)[nH]1. The van der Waals surface area contributed by atoms with Crippen LogP contribution >= 0.6 is 0 Å². The van der Waals surface area contributed by atoms with Crippen molar-refractivity contribution in [3.05, 3.63) is 69.1 Å². The molecule has 0 saturated carbocycles. The van der Waals surface area contributed by atoms with Gasteiger partial charge in [-0.1, -0.05) is 6.07 Å². The van der Waals surface area contributed by atoms with Gasteiger partial charge in [0.05, 0.1) is 16.3 Å². The lowest BCUT2D eigenvalue weighted by molar-refractivity contribution is -0.385. The largest absolute Gasteiger partial charge is 0.508 e. The zero-order chi connectivity index (χ0) is 17.3. The number of aromatic nitrogens is 2. The number of phenolic OH excluding ortho intramolecular Hbond substituents is 2. The molecule has 0 atom stereocenters. The number of rotatable bonds is 3. The minimum absolute atomic E-state index is 0.0696. The Balaban J connectivity index is 2.17. The Kier molecular flexibility index (Phi) is 3.70.